The van der Waals surface area contributed by atoms with Crippen LogP contribution in [0.5, 0.6) is 0 Å². The Hall–Kier alpha value is -1.01. The second-order valence-electron chi connectivity index (χ2n) is 7.38. The molecule has 1 aliphatic rings. The van der Waals surface area contributed by atoms with Gasteiger partial charge in [-0.3, -0.25) is 5.41 Å². The predicted molar refractivity (Wildman–Crippen MR) is 121 cm³/mol. The molecular formula is C21H37Cl2N3O2. The molecule has 0 saturated carbocycles. The first kappa shape index (κ1) is 27.0. The van der Waals surface area contributed by atoms with E-state index in [2.05, 4.69) is 31.2 Å². The smallest absolute Gasteiger partial charge is 0.188 e. The van der Waals surface area contributed by atoms with E-state index in [-0.39, 0.29) is 49.5 Å². The molecule has 0 aliphatic carbocycles. The molecule has 1 fully saturated rings. The van der Waals surface area contributed by atoms with E-state index >= 15 is 0 Å². The zero-order valence-electron chi connectivity index (χ0n) is 16.9. The molecule has 1 aliphatic heterocycles. The molecule has 0 unspecified atom stereocenters. The Morgan fingerprint density at radius 3 is 2.29 bits per heavy atom. The van der Waals surface area contributed by atoms with Crippen molar-refractivity contribution in [2.45, 2.75) is 77.0 Å². The predicted octanol–water partition coefficient (Wildman–Crippen LogP) is 4.28. The summed E-state index contributed by atoms with van der Waals surface area (Å²) in [4.78, 5) is 1.72. The van der Waals surface area contributed by atoms with E-state index in [4.69, 9.17) is 15.9 Å². The quantitative estimate of drug-likeness (QED) is 0.276. The monoisotopic (exact) mass is 433 g/mol. The van der Waals surface area contributed by atoms with Gasteiger partial charge in [-0.15, -0.1) is 24.8 Å². The van der Waals surface area contributed by atoms with Crippen LogP contribution in [-0.4, -0.2) is 41.3 Å². The van der Waals surface area contributed by atoms with Gasteiger partial charge in [-0.25, -0.2) is 0 Å². The number of unbranched alkanes of at least 4 members (excludes halogenated alkanes) is 5. The summed E-state index contributed by atoms with van der Waals surface area (Å²) in [6.07, 6.45) is 9.86. The van der Waals surface area contributed by atoms with Crippen LogP contribution in [0.3, 0.4) is 0 Å². The zero-order chi connectivity index (χ0) is 18.8. The maximum Gasteiger partial charge on any atom is 0.188 e. The minimum absolute atomic E-state index is 0. The highest BCUT2D eigenvalue weighted by Crippen LogP contribution is 2.21. The summed E-state index contributed by atoms with van der Waals surface area (Å²) in [5, 5.41) is 17.0. The lowest BCUT2D eigenvalue weighted by molar-refractivity contribution is 0.0491. The number of aliphatic hydroxyl groups excluding tert-OH is 1. The molecule has 1 heterocycles. The molecule has 1 aromatic rings. The second-order valence-corrected chi connectivity index (χ2v) is 7.38. The molecule has 28 heavy (non-hydrogen) atoms. The summed E-state index contributed by atoms with van der Waals surface area (Å²) in [6.45, 7) is 3.40. The number of hydrogen-bond acceptors (Lipinski definition) is 3. The van der Waals surface area contributed by atoms with Crippen LogP contribution < -0.4 is 5.73 Å². The van der Waals surface area contributed by atoms with E-state index in [9.17, 15) is 5.11 Å². The van der Waals surface area contributed by atoms with Crippen molar-refractivity contribution in [2.75, 3.05) is 13.2 Å². The minimum Gasteiger partial charge on any atom is -0.394 e. The van der Waals surface area contributed by atoms with Gasteiger partial charge in [-0.05, 0) is 30.4 Å². The zero-order valence-corrected chi connectivity index (χ0v) is 18.6. The summed E-state index contributed by atoms with van der Waals surface area (Å²) < 4.78 is 5.97. The van der Waals surface area contributed by atoms with E-state index in [1.807, 2.05) is 0 Å². The Labute approximate surface area is 182 Å². The third kappa shape index (κ3) is 8.99. The summed E-state index contributed by atoms with van der Waals surface area (Å²) in [5.41, 5.74) is 8.13. The number of likely N-dealkylation sites (tertiary alicyclic amines) is 1. The fourth-order valence-corrected chi connectivity index (χ4v) is 3.59. The molecule has 0 aromatic heterocycles. The first-order chi connectivity index (χ1) is 12.6. The number of aryl methyl sites for hydroxylation is 1. The van der Waals surface area contributed by atoms with Gasteiger partial charge in [0, 0.05) is 6.54 Å². The summed E-state index contributed by atoms with van der Waals surface area (Å²) in [6, 6.07) is 8.61. The fraction of sp³-hybridized carbons (Fsp3) is 0.667. The molecule has 1 saturated heterocycles. The van der Waals surface area contributed by atoms with Crippen LogP contribution in [0, 0.1) is 5.41 Å². The molecule has 2 atom stereocenters. The minimum atomic E-state index is -0.0998. The normalized spacial score (nSPS) is 18.4. The van der Waals surface area contributed by atoms with Gasteiger partial charge in [0.1, 0.15) is 0 Å². The topological polar surface area (TPSA) is 82.6 Å². The number of guanidine groups is 1. The van der Waals surface area contributed by atoms with Gasteiger partial charge < -0.3 is 20.5 Å². The number of ether oxygens (including phenoxy) is 1. The van der Waals surface area contributed by atoms with Crippen LogP contribution in [0.1, 0.15) is 63.0 Å². The van der Waals surface area contributed by atoms with Gasteiger partial charge in [-0.1, -0.05) is 63.3 Å². The summed E-state index contributed by atoms with van der Waals surface area (Å²) in [7, 11) is 0. The largest absolute Gasteiger partial charge is 0.394 e. The number of nitrogens with two attached hydrogens (primary N) is 1. The van der Waals surface area contributed by atoms with Crippen LogP contribution in [0.2, 0.25) is 0 Å². The molecule has 0 radical (unpaired) electrons. The maximum atomic E-state index is 9.40. The lowest BCUT2D eigenvalue weighted by Crippen LogP contribution is -2.42. The number of rotatable bonds is 11. The van der Waals surface area contributed by atoms with Crippen molar-refractivity contribution >= 4 is 30.8 Å². The summed E-state index contributed by atoms with van der Waals surface area (Å²) in [5.74, 6) is 0.00852. The first-order valence-corrected chi connectivity index (χ1v) is 10.0. The van der Waals surface area contributed by atoms with E-state index < -0.39 is 0 Å². The number of aliphatic hydroxyl groups is 1. The average Bonchev–Trinajstić information content (AvgIpc) is 3.07. The SMILES string of the molecule is CCCCCCCCc1ccc(CO[C@H]2C[C@H](CO)N(C(=N)N)C2)cc1.Cl.Cl. The van der Waals surface area contributed by atoms with Gasteiger partial charge in [-0.2, -0.15) is 0 Å². The molecule has 162 valence electrons. The van der Waals surface area contributed by atoms with E-state index in [0.29, 0.717) is 19.6 Å². The van der Waals surface area contributed by atoms with Gasteiger partial charge in [0.05, 0.1) is 25.4 Å². The Bertz CT molecular complexity index is 543. The van der Waals surface area contributed by atoms with Crippen LogP contribution >= 0.6 is 24.8 Å². The van der Waals surface area contributed by atoms with E-state index in [1.165, 1.54) is 49.7 Å². The van der Waals surface area contributed by atoms with Crippen molar-refractivity contribution in [2.24, 2.45) is 5.73 Å². The molecule has 2 rings (SSSR count). The third-order valence-corrected chi connectivity index (χ3v) is 5.22. The van der Waals surface area contributed by atoms with Crippen LogP contribution in [-0.2, 0) is 17.8 Å². The van der Waals surface area contributed by atoms with Crippen molar-refractivity contribution in [1.82, 2.24) is 4.90 Å². The fourth-order valence-electron chi connectivity index (χ4n) is 3.59. The highest BCUT2D eigenvalue weighted by Gasteiger charge is 2.32. The lowest BCUT2D eigenvalue weighted by Gasteiger charge is -2.22. The highest BCUT2D eigenvalue weighted by atomic mass is 35.5. The molecule has 4 N–H and O–H groups in total. The average molecular weight is 434 g/mol. The van der Waals surface area contributed by atoms with Crippen molar-refractivity contribution < 1.29 is 9.84 Å². The molecular weight excluding hydrogens is 397 g/mol. The first-order valence-electron chi connectivity index (χ1n) is 10.0. The van der Waals surface area contributed by atoms with Crippen molar-refractivity contribution in [3.05, 3.63) is 35.4 Å². The molecule has 7 heteroatoms. The van der Waals surface area contributed by atoms with E-state index in [0.717, 1.165) is 6.42 Å². The van der Waals surface area contributed by atoms with Crippen LogP contribution in [0.25, 0.3) is 0 Å². The molecule has 0 bridgehead atoms. The number of benzene rings is 1. The Morgan fingerprint density at radius 1 is 1.11 bits per heavy atom. The Balaban J connectivity index is 0.00000364. The standard InChI is InChI=1S/C21H35N3O2.2ClH/c1-2-3-4-5-6-7-8-17-9-11-18(12-10-17)16-26-20-13-19(15-25)24(14-20)21(22)23;;/h9-12,19-20,25H,2-8,13-16H2,1H3,(H3,22,23);2*1H/t19-,20+;;/m1../s1. The number of halogens is 2. The van der Waals surface area contributed by atoms with E-state index in [1.54, 1.807) is 4.90 Å². The Kier molecular flexibility index (Phi) is 14.4. The second kappa shape index (κ2) is 14.9. The molecule has 1 aromatic carbocycles. The number of nitrogens with one attached hydrogen (secondary N) is 1. The van der Waals surface area contributed by atoms with Crippen molar-refractivity contribution in [1.29, 1.82) is 5.41 Å². The van der Waals surface area contributed by atoms with Crippen molar-refractivity contribution in [3.63, 3.8) is 0 Å². The highest BCUT2D eigenvalue weighted by molar-refractivity contribution is 5.85. The summed E-state index contributed by atoms with van der Waals surface area (Å²) >= 11 is 0. The molecule has 0 amide bonds. The van der Waals surface area contributed by atoms with Gasteiger partial charge >= 0.3 is 0 Å². The lowest BCUT2D eigenvalue weighted by atomic mass is 10.0. The van der Waals surface area contributed by atoms with Crippen LogP contribution in [0.4, 0.5) is 0 Å². The Morgan fingerprint density at radius 2 is 1.71 bits per heavy atom. The van der Waals surface area contributed by atoms with Gasteiger partial charge in [0.25, 0.3) is 0 Å². The van der Waals surface area contributed by atoms with Crippen LogP contribution in [0.15, 0.2) is 24.3 Å². The van der Waals surface area contributed by atoms with Gasteiger partial charge in [0.15, 0.2) is 5.96 Å². The van der Waals surface area contributed by atoms with Crippen molar-refractivity contribution in [3.8, 4) is 0 Å². The molecule has 0 spiro atoms. The van der Waals surface area contributed by atoms with Gasteiger partial charge in [0.2, 0.25) is 0 Å². The third-order valence-electron chi connectivity index (χ3n) is 5.22. The molecule has 5 nitrogen and oxygen atoms in total. The number of hydrogen-bond donors (Lipinski definition) is 3. The maximum absolute atomic E-state index is 9.40. The number of nitrogens with zero attached hydrogens (tertiary/aromatic N) is 1.